The molecule has 1 amide bonds. The number of para-hydroxylation sites is 2. The molecule has 2 heterocycles. The number of anilines is 1. The van der Waals surface area contributed by atoms with E-state index in [0.29, 0.717) is 5.82 Å². The summed E-state index contributed by atoms with van der Waals surface area (Å²) in [7, 11) is 0. The van der Waals surface area contributed by atoms with E-state index in [4.69, 9.17) is 0 Å². The SMILES string of the molecule is Cc1ccnc(NC(=O)CSc2nc3ccccc3[nH]2)c1. The van der Waals surface area contributed by atoms with Gasteiger partial charge in [-0.15, -0.1) is 0 Å². The van der Waals surface area contributed by atoms with Crippen molar-refractivity contribution in [3.63, 3.8) is 0 Å². The maximum Gasteiger partial charge on any atom is 0.236 e. The zero-order valence-electron chi connectivity index (χ0n) is 11.5. The number of aromatic nitrogens is 3. The average Bonchev–Trinajstić information content (AvgIpc) is 2.88. The van der Waals surface area contributed by atoms with E-state index < -0.39 is 0 Å². The van der Waals surface area contributed by atoms with Crippen LogP contribution in [0.25, 0.3) is 11.0 Å². The predicted octanol–water partition coefficient (Wildman–Crippen LogP) is 3.00. The third-order valence-corrected chi connectivity index (χ3v) is 3.76. The summed E-state index contributed by atoms with van der Waals surface area (Å²) in [6.45, 7) is 1.96. The van der Waals surface area contributed by atoms with Crippen molar-refractivity contribution in [2.45, 2.75) is 12.1 Å². The van der Waals surface area contributed by atoms with Gasteiger partial charge in [-0.25, -0.2) is 9.97 Å². The molecule has 0 saturated heterocycles. The van der Waals surface area contributed by atoms with E-state index in [1.807, 2.05) is 43.3 Å². The number of nitrogens with zero attached hydrogens (tertiary/aromatic N) is 2. The molecule has 3 rings (SSSR count). The van der Waals surface area contributed by atoms with E-state index in [-0.39, 0.29) is 11.7 Å². The highest BCUT2D eigenvalue weighted by Crippen LogP contribution is 2.19. The predicted molar refractivity (Wildman–Crippen MR) is 84.4 cm³/mol. The molecule has 0 aliphatic rings. The van der Waals surface area contributed by atoms with Gasteiger partial charge in [0.15, 0.2) is 5.16 Å². The van der Waals surface area contributed by atoms with Gasteiger partial charge in [-0.05, 0) is 36.8 Å². The first-order valence-corrected chi connectivity index (χ1v) is 7.49. The lowest BCUT2D eigenvalue weighted by atomic mass is 10.3. The second kappa shape index (κ2) is 5.97. The fourth-order valence-corrected chi connectivity index (χ4v) is 2.60. The van der Waals surface area contributed by atoms with Crippen LogP contribution in [0.4, 0.5) is 5.82 Å². The largest absolute Gasteiger partial charge is 0.333 e. The Morgan fingerprint density at radius 2 is 2.19 bits per heavy atom. The molecule has 0 atom stereocenters. The van der Waals surface area contributed by atoms with Gasteiger partial charge in [0.25, 0.3) is 0 Å². The molecule has 0 aliphatic heterocycles. The number of amides is 1. The van der Waals surface area contributed by atoms with Crippen LogP contribution in [0.1, 0.15) is 5.56 Å². The summed E-state index contributed by atoms with van der Waals surface area (Å²) in [5, 5.41) is 3.51. The maximum atomic E-state index is 11.9. The molecule has 0 saturated carbocycles. The Balaban J connectivity index is 1.60. The average molecular weight is 298 g/mol. The summed E-state index contributed by atoms with van der Waals surface area (Å²) < 4.78 is 0. The van der Waals surface area contributed by atoms with Crippen LogP contribution in [0.3, 0.4) is 0 Å². The van der Waals surface area contributed by atoms with Gasteiger partial charge >= 0.3 is 0 Å². The second-order valence-corrected chi connectivity index (χ2v) is 5.58. The molecular formula is C15H14N4OS. The Hall–Kier alpha value is -2.34. The number of hydrogen-bond donors (Lipinski definition) is 2. The molecule has 2 aromatic heterocycles. The fraction of sp³-hybridized carbons (Fsp3) is 0.133. The van der Waals surface area contributed by atoms with Crippen molar-refractivity contribution in [3.05, 3.63) is 48.2 Å². The number of nitrogens with one attached hydrogen (secondary N) is 2. The molecule has 0 bridgehead atoms. The number of aryl methyl sites for hydroxylation is 1. The highest BCUT2D eigenvalue weighted by molar-refractivity contribution is 7.99. The molecule has 21 heavy (non-hydrogen) atoms. The third kappa shape index (κ3) is 3.41. The molecule has 0 unspecified atom stereocenters. The van der Waals surface area contributed by atoms with Crippen LogP contribution >= 0.6 is 11.8 Å². The van der Waals surface area contributed by atoms with Gasteiger partial charge in [0, 0.05) is 6.20 Å². The number of carbonyl (C=O) groups is 1. The van der Waals surface area contributed by atoms with Crippen LogP contribution in [-0.4, -0.2) is 26.6 Å². The Labute approximate surface area is 126 Å². The Morgan fingerprint density at radius 3 is 3.00 bits per heavy atom. The summed E-state index contributed by atoms with van der Waals surface area (Å²) in [6, 6.07) is 11.5. The van der Waals surface area contributed by atoms with Crippen molar-refractivity contribution in [3.8, 4) is 0 Å². The number of hydrogen-bond acceptors (Lipinski definition) is 4. The number of H-pyrrole nitrogens is 1. The van der Waals surface area contributed by atoms with Crippen LogP contribution in [0.15, 0.2) is 47.8 Å². The highest BCUT2D eigenvalue weighted by atomic mass is 32.2. The highest BCUT2D eigenvalue weighted by Gasteiger charge is 2.07. The minimum atomic E-state index is -0.0986. The number of fused-ring (bicyclic) bond motifs is 1. The molecule has 0 radical (unpaired) electrons. The maximum absolute atomic E-state index is 11.9. The van der Waals surface area contributed by atoms with Crippen molar-refractivity contribution in [1.29, 1.82) is 0 Å². The Kier molecular flexibility index (Phi) is 3.87. The van der Waals surface area contributed by atoms with Gasteiger partial charge in [0.05, 0.1) is 16.8 Å². The van der Waals surface area contributed by atoms with Crippen molar-refractivity contribution in [1.82, 2.24) is 15.0 Å². The molecule has 0 aliphatic carbocycles. The van der Waals surface area contributed by atoms with Gasteiger partial charge in [-0.3, -0.25) is 4.79 Å². The van der Waals surface area contributed by atoms with E-state index in [1.54, 1.807) is 6.20 Å². The lowest BCUT2D eigenvalue weighted by molar-refractivity contribution is -0.113. The molecule has 5 nitrogen and oxygen atoms in total. The zero-order chi connectivity index (χ0) is 14.7. The summed E-state index contributed by atoms with van der Waals surface area (Å²) in [5.41, 5.74) is 2.94. The first-order chi connectivity index (χ1) is 10.2. The third-order valence-electron chi connectivity index (χ3n) is 2.89. The van der Waals surface area contributed by atoms with Crippen LogP contribution in [0, 0.1) is 6.92 Å². The van der Waals surface area contributed by atoms with Crippen molar-refractivity contribution >= 4 is 34.5 Å². The number of imidazole rings is 1. The number of thioether (sulfide) groups is 1. The molecular weight excluding hydrogens is 284 g/mol. The fourth-order valence-electron chi connectivity index (χ4n) is 1.92. The van der Waals surface area contributed by atoms with Gasteiger partial charge in [-0.2, -0.15) is 0 Å². The summed E-state index contributed by atoms with van der Waals surface area (Å²) in [5.74, 6) is 0.763. The number of pyridine rings is 1. The molecule has 0 spiro atoms. The standard InChI is InChI=1S/C15H14N4OS/c1-10-6-7-16-13(8-10)19-14(20)9-21-15-17-11-4-2-3-5-12(11)18-15/h2-8H,9H2,1H3,(H,17,18)(H,16,19,20). The van der Waals surface area contributed by atoms with Crippen LogP contribution < -0.4 is 5.32 Å². The lowest BCUT2D eigenvalue weighted by Gasteiger charge is -2.03. The molecule has 0 fully saturated rings. The van der Waals surface area contributed by atoms with E-state index >= 15 is 0 Å². The van der Waals surface area contributed by atoms with E-state index in [0.717, 1.165) is 21.8 Å². The van der Waals surface area contributed by atoms with E-state index in [2.05, 4.69) is 20.3 Å². The molecule has 106 valence electrons. The monoisotopic (exact) mass is 298 g/mol. The number of aromatic amines is 1. The zero-order valence-corrected chi connectivity index (χ0v) is 12.3. The molecule has 6 heteroatoms. The van der Waals surface area contributed by atoms with Crippen molar-refractivity contribution in [2.24, 2.45) is 0 Å². The van der Waals surface area contributed by atoms with Gasteiger partial charge < -0.3 is 10.3 Å². The lowest BCUT2D eigenvalue weighted by Crippen LogP contribution is -2.15. The molecule has 1 aromatic carbocycles. The first kappa shape index (κ1) is 13.6. The second-order valence-electron chi connectivity index (χ2n) is 4.61. The normalized spacial score (nSPS) is 10.7. The molecule has 3 aromatic rings. The number of rotatable bonds is 4. The minimum absolute atomic E-state index is 0.0986. The minimum Gasteiger partial charge on any atom is -0.333 e. The van der Waals surface area contributed by atoms with Crippen molar-refractivity contribution in [2.75, 3.05) is 11.1 Å². The molecule has 2 N–H and O–H groups in total. The number of carbonyl (C=O) groups excluding carboxylic acids is 1. The van der Waals surface area contributed by atoms with E-state index in [1.165, 1.54) is 11.8 Å². The van der Waals surface area contributed by atoms with Crippen LogP contribution in [0.5, 0.6) is 0 Å². The Morgan fingerprint density at radius 1 is 1.33 bits per heavy atom. The summed E-state index contributed by atoms with van der Waals surface area (Å²) in [6.07, 6.45) is 1.68. The van der Waals surface area contributed by atoms with Crippen LogP contribution in [0.2, 0.25) is 0 Å². The van der Waals surface area contributed by atoms with Gasteiger partial charge in [0.1, 0.15) is 5.82 Å². The van der Waals surface area contributed by atoms with Crippen LogP contribution in [-0.2, 0) is 4.79 Å². The van der Waals surface area contributed by atoms with Crippen molar-refractivity contribution < 1.29 is 4.79 Å². The smallest absolute Gasteiger partial charge is 0.236 e. The quantitative estimate of drug-likeness (QED) is 0.726. The summed E-state index contributed by atoms with van der Waals surface area (Å²) >= 11 is 1.37. The van der Waals surface area contributed by atoms with E-state index in [9.17, 15) is 4.79 Å². The van der Waals surface area contributed by atoms with Gasteiger partial charge in [0.2, 0.25) is 5.91 Å². The first-order valence-electron chi connectivity index (χ1n) is 6.51. The topological polar surface area (TPSA) is 70.7 Å². The van der Waals surface area contributed by atoms with Gasteiger partial charge in [-0.1, -0.05) is 23.9 Å². The summed E-state index contributed by atoms with van der Waals surface area (Å²) in [4.78, 5) is 23.6. The Bertz CT molecular complexity index is 751. The number of benzene rings is 1.